The highest BCUT2D eigenvalue weighted by molar-refractivity contribution is 9.10. The number of nitrogens with zero attached hydrogens (tertiary/aromatic N) is 1. The maximum Gasteiger partial charge on any atom is 0.264 e. The van der Waals surface area contributed by atoms with Gasteiger partial charge < -0.3 is 14.8 Å². The average Bonchev–Trinajstić information content (AvgIpc) is 3.01. The van der Waals surface area contributed by atoms with E-state index in [1.54, 1.807) is 36.4 Å². The van der Waals surface area contributed by atoms with Gasteiger partial charge in [-0.15, -0.1) is 6.42 Å². The summed E-state index contributed by atoms with van der Waals surface area (Å²) < 4.78 is 11.8. The first-order valence-corrected chi connectivity index (χ1v) is 9.98. The number of thioether (sulfide) groups is 1. The van der Waals surface area contributed by atoms with Crippen LogP contribution in [0.4, 0.5) is 5.69 Å². The van der Waals surface area contributed by atoms with Crippen molar-refractivity contribution in [1.29, 1.82) is 0 Å². The van der Waals surface area contributed by atoms with Crippen molar-refractivity contribution in [3.8, 4) is 23.8 Å². The van der Waals surface area contributed by atoms with Gasteiger partial charge in [-0.3, -0.25) is 4.79 Å². The highest BCUT2D eigenvalue weighted by Gasteiger charge is 2.25. The molecule has 1 aliphatic rings. The van der Waals surface area contributed by atoms with Crippen LogP contribution in [0.3, 0.4) is 0 Å². The number of amides is 1. The van der Waals surface area contributed by atoms with Gasteiger partial charge in [0.15, 0.2) is 16.7 Å². The first-order valence-electron chi connectivity index (χ1n) is 7.99. The first kappa shape index (κ1) is 20.3. The number of hydrogen-bond acceptors (Lipinski definition) is 5. The summed E-state index contributed by atoms with van der Waals surface area (Å²) in [5.41, 5.74) is 1.35. The number of carbonyl (C=O) groups is 1. The molecule has 0 spiro atoms. The monoisotopic (exact) mass is 476 g/mol. The number of halogens is 2. The molecule has 142 valence electrons. The lowest BCUT2D eigenvalue weighted by Crippen LogP contribution is -2.19. The van der Waals surface area contributed by atoms with Crippen LogP contribution in [0.25, 0.3) is 6.08 Å². The van der Waals surface area contributed by atoms with Crippen LogP contribution in [0.1, 0.15) is 5.56 Å². The molecule has 0 bridgehead atoms. The molecule has 1 saturated heterocycles. The van der Waals surface area contributed by atoms with Crippen LogP contribution in [0.5, 0.6) is 11.5 Å². The summed E-state index contributed by atoms with van der Waals surface area (Å²) in [5.74, 6) is 3.15. The molecule has 2 aromatic rings. The lowest BCUT2D eigenvalue weighted by atomic mass is 10.1. The highest BCUT2D eigenvalue weighted by atomic mass is 79.9. The summed E-state index contributed by atoms with van der Waals surface area (Å²) in [6.45, 7) is 0.0801. The number of hydrogen-bond donors (Lipinski definition) is 1. The predicted molar refractivity (Wildman–Crippen MR) is 117 cm³/mol. The number of nitrogens with one attached hydrogen (secondary N) is 1. The van der Waals surface area contributed by atoms with E-state index in [9.17, 15) is 4.79 Å². The third-order valence-corrected chi connectivity index (χ3v) is 5.18. The third kappa shape index (κ3) is 4.90. The van der Waals surface area contributed by atoms with Gasteiger partial charge in [-0.05, 0) is 54.2 Å². The Kier molecular flexibility index (Phi) is 6.68. The number of rotatable bonds is 5. The summed E-state index contributed by atoms with van der Waals surface area (Å²) in [4.78, 5) is 17.3. The lowest BCUT2D eigenvalue weighted by molar-refractivity contribution is -0.115. The molecular formula is C20H14BrClN2O3S. The second-order valence-corrected chi connectivity index (χ2v) is 7.86. The van der Waals surface area contributed by atoms with Crippen LogP contribution >= 0.6 is 39.3 Å². The molecule has 0 saturated carbocycles. The maximum absolute atomic E-state index is 12.4. The molecule has 3 rings (SSSR count). The van der Waals surface area contributed by atoms with E-state index in [4.69, 9.17) is 27.5 Å². The van der Waals surface area contributed by atoms with Gasteiger partial charge in [-0.2, -0.15) is 0 Å². The minimum atomic E-state index is -0.250. The van der Waals surface area contributed by atoms with E-state index >= 15 is 0 Å². The zero-order valence-corrected chi connectivity index (χ0v) is 17.8. The van der Waals surface area contributed by atoms with Crippen molar-refractivity contribution in [3.63, 3.8) is 0 Å². The van der Waals surface area contributed by atoms with Gasteiger partial charge in [0.2, 0.25) is 0 Å². The Hall–Kier alpha value is -2.40. The molecule has 1 aliphatic heterocycles. The zero-order valence-electron chi connectivity index (χ0n) is 14.7. The van der Waals surface area contributed by atoms with E-state index in [0.29, 0.717) is 37.8 Å². The Balaban J connectivity index is 1.93. The number of aliphatic imine (C=N–C) groups is 1. The van der Waals surface area contributed by atoms with Crippen molar-refractivity contribution < 1.29 is 14.3 Å². The number of ether oxygens (including phenoxy) is 2. The number of terminal acetylenes is 1. The summed E-state index contributed by atoms with van der Waals surface area (Å²) in [5, 5.41) is 3.85. The number of benzene rings is 2. The molecule has 0 aliphatic carbocycles. The van der Waals surface area contributed by atoms with Gasteiger partial charge >= 0.3 is 0 Å². The molecule has 0 unspecified atom stereocenters. The van der Waals surface area contributed by atoms with Crippen LogP contribution in [0.2, 0.25) is 5.02 Å². The minimum Gasteiger partial charge on any atom is -0.493 e. The molecule has 2 aromatic carbocycles. The molecule has 1 fully saturated rings. The van der Waals surface area contributed by atoms with E-state index in [0.717, 1.165) is 4.47 Å². The van der Waals surface area contributed by atoms with Crippen molar-refractivity contribution >= 4 is 62.1 Å². The Labute approximate surface area is 180 Å². The molecule has 1 N–H and O–H groups in total. The molecule has 0 aromatic heterocycles. The number of methoxy groups -OCH3 is 1. The molecule has 0 radical (unpaired) electrons. The normalized spacial score (nSPS) is 16.1. The van der Waals surface area contributed by atoms with Gasteiger partial charge in [-0.25, -0.2) is 4.99 Å². The Morgan fingerprint density at radius 1 is 1.36 bits per heavy atom. The second-order valence-electron chi connectivity index (χ2n) is 5.48. The van der Waals surface area contributed by atoms with E-state index in [2.05, 4.69) is 32.2 Å². The van der Waals surface area contributed by atoms with E-state index in [1.807, 2.05) is 6.07 Å². The molecule has 8 heteroatoms. The van der Waals surface area contributed by atoms with Gasteiger partial charge in [0, 0.05) is 15.1 Å². The Bertz CT molecular complexity index is 1010. The SMILES string of the molecule is C#CCOc1c(/C=C2\SC(=Nc3ccc(Cl)cc3)NC2=O)cc(Br)cc1OC. The largest absolute Gasteiger partial charge is 0.493 e. The van der Waals surface area contributed by atoms with Crippen molar-refractivity contribution in [2.24, 2.45) is 4.99 Å². The molecule has 1 amide bonds. The Morgan fingerprint density at radius 3 is 2.79 bits per heavy atom. The summed E-state index contributed by atoms with van der Waals surface area (Å²) in [6, 6.07) is 10.6. The standard InChI is InChI=1S/C20H14BrClN2O3S/c1-3-8-27-18-12(9-13(21)11-16(18)26-2)10-17-19(25)24-20(28-17)23-15-6-4-14(22)5-7-15/h1,4-7,9-11H,8H2,2H3,(H,23,24,25)/b17-10-. The van der Waals surface area contributed by atoms with Gasteiger partial charge in [-0.1, -0.05) is 33.5 Å². The van der Waals surface area contributed by atoms with Gasteiger partial charge in [0.05, 0.1) is 17.7 Å². The highest BCUT2D eigenvalue weighted by Crippen LogP contribution is 2.38. The predicted octanol–water partition coefficient (Wildman–Crippen LogP) is 5.01. The molecule has 0 atom stereocenters. The average molecular weight is 478 g/mol. The smallest absolute Gasteiger partial charge is 0.264 e. The van der Waals surface area contributed by atoms with E-state index in [-0.39, 0.29) is 12.5 Å². The quantitative estimate of drug-likeness (QED) is 0.485. The van der Waals surface area contributed by atoms with Crippen molar-refractivity contribution in [1.82, 2.24) is 5.32 Å². The van der Waals surface area contributed by atoms with Crippen LogP contribution in [-0.4, -0.2) is 24.8 Å². The van der Waals surface area contributed by atoms with E-state index in [1.165, 1.54) is 18.9 Å². The molecular weight excluding hydrogens is 464 g/mol. The topological polar surface area (TPSA) is 59.9 Å². The van der Waals surface area contributed by atoms with Crippen molar-refractivity contribution in [2.45, 2.75) is 0 Å². The van der Waals surface area contributed by atoms with Crippen LogP contribution in [0.15, 0.2) is 50.8 Å². The molecule has 1 heterocycles. The maximum atomic E-state index is 12.4. The number of amidine groups is 1. The molecule has 28 heavy (non-hydrogen) atoms. The fourth-order valence-electron chi connectivity index (χ4n) is 2.37. The van der Waals surface area contributed by atoms with Crippen LogP contribution in [0, 0.1) is 12.3 Å². The van der Waals surface area contributed by atoms with E-state index < -0.39 is 0 Å². The van der Waals surface area contributed by atoms with Crippen molar-refractivity contribution in [3.05, 3.63) is 56.4 Å². The molecule has 5 nitrogen and oxygen atoms in total. The first-order chi connectivity index (χ1) is 13.5. The van der Waals surface area contributed by atoms with Crippen molar-refractivity contribution in [2.75, 3.05) is 13.7 Å². The lowest BCUT2D eigenvalue weighted by Gasteiger charge is -2.12. The van der Waals surface area contributed by atoms with Crippen LogP contribution < -0.4 is 14.8 Å². The third-order valence-electron chi connectivity index (χ3n) is 3.56. The van der Waals surface area contributed by atoms with Gasteiger partial charge in [0.25, 0.3) is 5.91 Å². The van der Waals surface area contributed by atoms with Gasteiger partial charge in [0.1, 0.15) is 6.61 Å². The fraction of sp³-hybridized carbons (Fsp3) is 0.100. The zero-order chi connectivity index (χ0) is 20.1. The fourth-order valence-corrected chi connectivity index (χ4v) is 3.78. The summed E-state index contributed by atoms with van der Waals surface area (Å²) in [7, 11) is 1.54. The second kappa shape index (κ2) is 9.20. The Morgan fingerprint density at radius 2 is 2.11 bits per heavy atom. The summed E-state index contributed by atoms with van der Waals surface area (Å²) in [6.07, 6.45) is 7.01. The van der Waals surface area contributed by atoms with Crippen LogP contribution in [-0.2, 0) is 4.79 Å². The summed E-state index contributed by atoms with van der Waals surface area (Å²) >= 11 is 10.5. The number of carbonyl (C=O) groups excluding carboxylic acids is 1. The minimum absolute atomic E-state index is 0.0801.